The van der Waals surface area contributed by atoms with E-state index in [1.165, 1.54) is 25.8 Å². The normalized spacial score (nSPS) is 21.5. The van der Waals surface area contributed by atoms with Gasteiger partial charge < -0.3 is 20.5 Å². The van der Waals surface area contributed by atoms with Crippen molar-refractivity contribution in [2.45, 2.75) is 45.6 Å². The number of piperidine rings is 1. The maximum Gasteiger partial charge on any atom is 0.193 e. The molecule has 1 saturated heterocycles. The number of likely N-dealkylation sites (tertiary alicyclic amines) is 1. The number of ether oxygens (including phenoxy) is 2. The zero-order chi connectivity index (χ0) is 18.4. The number of aliphatic imine (C=N–C) groups is 1. The van der Waals surface area contributed by atoms with Crippen molar-refractivity contribution < 1.29 is 9.47 Å². The van der Waals surface area contributed by atoms with Gasteiger partial charge in [0.25, 0.3) is 0 Å². The van der Waals surface area contributed by atoms with Crippen molar-refractivity contribution in [3.05, 3.63) is 18.2 Å². The molecular weight excluding hydrogens is 328 g/mol. The molecule has 1 atom stereocenters. The SMILES string of the molecule is CC(C)CN1CCCCC1CN=C(N)Nc1ccc2c(c1)OCCCO2. The van der Waals surface area contributed by atoms with Gasteiger partial charge in [-0.25, -0.2) is 0 Å². The average molecular weight is 361 g/mol. The Morgan fingerprint density at radius 1 is 1.23 bits per heavy atom. The number of nitrogens with two attached hydrogens (primary N) is 1. The summed E-state index contributed by atoms with van der Waals surface area (Å²) in [5, 5.41) is 3.18. The van der Waals surface area contributed by atoms with Crippen molar-refractivity contribution in [2.75, 3.05) is 38.2 Å². The first-order chi connectivity index (χ1) is 12.6. The van der Waals surface area contributed by atoms with Gasteiger partial charge in [0.2, 0.25) is 0 Å². The Hall–Kier alpha value is -1.95. The first kappa shape index (κ1) is 18.8. The number of hydrogen-bond donors (Lipinski definition) is 2. The summed E-state index contributed by atoms with van der Waals surface area (Å²) >= 11 is 0. The van der Waals surface area contributed by atoms with Crippen molar-refractivity contribution in [2.24, 2.45) is 16.6 Å². The van der Waals surface area contributed by atoms with E-state index < -0.39 is 0 Å². The Balaban J connectivity index is 1.58. The molecule has 1 fully saturated rings. The van der Waals surface area contributed by atoms with Gasteiger partial charge in [0.1, 0.15) is 0 Å². The highest BCUT2D eigenvalue weighted by Crippen LogP contribution is 2.32. The standard InChI is InChI=1S/C20H32N4O2/c1-15(2)14-24-9-4-3-6-17(24)13-22-20(21)23-16-7-8-18-19(12-16)26-11-5-10-25-18/h7-8,12,15,17H,3-6,9-11,13-14H2,1-2H3,(H3,21,22,23). The van der Waals surface area contributed by atoms with Crippen LogP contribution in [0.5, 0.6) is 11.5 Å². The van der Waals surface area contributed by atoms with Gasteiger partial charge in [-0.05, 0) is 37.4 Å². The van der Waals surface area contributed by atoms with Gasteiger partial charge in [0.15, 0.2) is 17.5 Å². The van der Waals surface area contributed by atoms with Crippen LogP contribution in [0.1, 0.15) is 39.5 Å². The first-order valence-electron chi connectivity index (χ1n) is 9.82. The summed E-state index contributed by atoms with van der Waals surface area (Å²) in [4.78, 5) is 7.17. The van der Waals surface area contributed by atoms with Gasteiger partial charge >= 0.3 is 0 Å². The molecule has 6 heteroatoms. The third-order valence-electron chi connectivity index (χ3n) is 4.84. The minimum atomic E-state index is 0.453. The molecule has 0 spiro atoms. The Kier molecular flexibility index (Phi) is 6.61. The molecule has 0 radical (unpaired) electrons. The molecule has 0 bridgehead atoms. The predicted octanol–water partition coefficient (Wildman–Crippen LogP) is 3.09. The van der Waals surface area contributed by atoms with Crippen molar-refractivity contribution >= 4 is 11.6 Å². The number of nitrogens with zero attached hydrogens (tertiary/aromatic N) is 2. The molecule has 144 valence electrons. The topological polar surface area (TPSA) is 72.1 Å². The van der Waals surface area contributed by atoms with Crippen LogP contribution in [0, 0.1) is 5.92 Å². The van der Waals surface area contributed by atoms with Gasteiger partial charge in [0.05, 0.1) is 19.8 Å². The van der Waals surface area contributed by atoms with E-state index >= 15 is 0 Å². The second-order valence-corrected chi connectivity index (χ2v) is 7.60. The average Bonchev–Trinajstić information content (AvgIpc) is 2.85. The molecule has 1 unspecified atom stereocenters. The molecule has 2 aliphatic rings. The fourth-order valence-corrected chi connectivity index (χ4v) is 3.61. The number of hydrogen-bond acceptors (Lipinski definition) is 4. The third kappa shape index (κ3) is 5.27. The minimum absolute atomic E-state index is 0.453. The molecule has 1 aromatic carbocycles. The summed E-state index contributed by atoms with van der Waals surface area (Å²) in [6, 6.07) is 6.29. The molecule has 0 amide bonds. The molecule has 1 aromatic rings. The quantitative estimate of drug-likeness (QED) is 0.624. The number of rotatable bonds is 5. The summed E-state index contributed by atoms with van der Waals surface area (Å²) in [5.41, 5.74) is 7.00. The van der Waals surface area contributed by atoms with E-state index in [1.807, 2.05) is 18.2 Å². The predicted molar refractivity (Wildman–Crippen MR) is 106 cm³/mol. The molecule has 3 N–H and O–H groups in total. The maximum atomic E-state index is 6.12. The highest BCUT2D eigenvalue weighted by Gasteiger charge is 2.22. The number of anilines is 1. The lowest BCUT2D eigenvalue weighted by atomic mass is 10.0. The van der Waals surface area contributed by atoms with Crippen LogP contribution >= 0.6 is 0 Å². The van der Waals surface area contributed by atoms with E-state index in [2.05, 4.69) is 29.1 Å². The van der Waals surface area contributed by atoms with Crippen LogP contribution in [0.4, 0.5) is 5.69 Å². The molecule has 2 heterocycles. The number of benzene rings is 1. The van der Waals surface area contributed by atoms with Gasteiger partial charge in [-0.1, -0.05) is 20.3 Å². The maximum absolute atomic E-state index is 6.12. The largest absolute Gasteiger partial charge is 0.490 e. The van der Waals surface area contributed by atoms with E-state index in [-0.39, 0.29) is 0 Å². The molecule has 0 saturated carbocycles. The fourth-order valence-electron chi connectivity index (χ4n) is 3.61. The van der Waals surface area contributed by atoms with Gasteiger partial charge in [-0.15, -0.1) is 0 Å². The molecule has 3 rings (SSSR count). The van der Waals surface area contributed by atoms with Crippen LogP contribution in [-0.2, 0) is 0 Å². The highest BCUT2D eigenvalue weighted by molar-refractivity contribution is 5.92. The molecular formula is C20H32N4O2. The summed E-state index contributed by atoms with van der Waals surface area (Å²) < 4.78 is 11.4. The lowest BCUT2D eigenvalue weighted by molar-refractivity contribution is 0.137. The zero-order valence-electron chi connectivity index (χ0n) is 16.0. The summed E-state index contributed by atoms with van der Waals surface area (Å²) in [6.07, 6.45) is 4.67. The monoisotopic (exact) mass is 360 g/mol. The van der Waals surface area contributed by atoms with E-state index in [1.54, 1.807) is 0 Å². The molecule has 0 aromatic heterocycles. The van der Waals surface area contributed by atoms with E-state index in [0.29, 0.717) is 31.1 Å². The molecule has 2 aliphatic heterocycles. The Morgan fingerprint density at radius 3 is 2.85 bits per heavy atom. The van der Waals surface area contributed by atoms with Crippen LogP contribution in [0.3, 0.4) is 0 Å². The van der Waals surface area contributed by atoms with E-state index in [9.17, 15) is 0 Å². The summed E-state index contributed by atoms with van der Waals surface area (Å²) in [6.45, 7) is 8.97. The van der Waals surface area contributed by atoms with E-state index in [0.717, 1.165) is 36.7 Å². The third-order valence-corrected chi connectivity index (χ3v) is 4.84. The first-order valence-corrected chi connectivity index (χ1v) is 9.82. The Labute approximate surface area is 156 Å². The lowest BCUT2D eigenvalue weighted by Gasteiger charge is -2.36. The van der Waals surface area contributed by atoms with Gasteiger partial charge in [-0.3, -0.25) is 9.89 Å². The summed E-state index contributed by atoms with van der Waals surface area (Å²) in [5.74, 6) is 2.68. The number of fused-ring (bicyclic) bond motifs is 1. The smallest absolute Gasteiger partial charge is 0.193 e. The van der Waals surface area contributed by atoms with E-state index in [4.69, 9.17) is 15.2 Å². The second-order valence-electron chi connectivity index (χ2n) is 7.60. The number of guanidine groups is 1. The van der Waals surface area contributed by atoms with Crippen LogP contribution < -0.4 is 20.5 Å². The van der Waals surface area contributed by atoms with Crippen molar-refractivity contribution in [1.82, 2.24) is 4.90 Å². The van der Waals surface area contributed by atoms with Crippen LogP contribution in [0.25, 0.3) is 0 Å². The molecule has 0 aliphatic carbocycles. The second kappa shape index (κ2) is 9.12. The lowest BCUT2D eigenvalue weighted by Crippen LogP contribution is -2.43. The van der Waals surface area contributed by atoms with Crippen LogP contribution in [0.2, 0.25) is 0 Å². The van der Waals surface area contributed by atoms with Gasteiger partial charge in [-0.2, -0.15) is 0 Å². The van der Waals surface area contributed by atoms with Crippen molar-refractivity contribution in [3.63, 3.8) is 0 Å². The van der Waals surface area contributed by atoms with Crippen LogP contribution in [-0.4, -0.2) is 49.7 Å². The zero-order valence-corrected chi connectivity index (χ0v) is 16.0. The molecule has 6 nitrogen and oxygen atoms in total. The number of nitrogens with one attached hydrogen (secondary N) is 1. The summed E-state index contributed by atoms with van der Waals surface area (Å²) in [7, 11) is 0. The van der Waals surface area contributed by atoms with Gasteiger partial charge in [0, 0.05) is 30.8 Å². The van der Waals surface area contributed by atoms with Crippen LogP contribution in [0.15, 0.2) is 23.2 Å². The Morgan fingerprint density at radius 2 is 2.04 bits per heavy atom. The molecule has 26 heavy (non-hydrogen) atoms. The van der Waals surface area contributed by atoms with Crippen molar-refractivity contribution in [3.8, 4) is 11.5 Å². The van der Waals surface area contributed by atoms with Crippen molar-refractivity contribution in [1.29, 1.82) is 0 Å². The Bertz CT molecular complexity index is 618. The minimum Gasteiger partial charge on any atom is -0.490 e. The fraction of sp³-hybridized carbons (Fsp3) is 0.650. The highest BCUT2D eigenvalue weighted by atomic mass is 16.5.